The molecule has 22 heavy (non-hydrogen) atoms. The van der Waals surface area contributed by atoms with Crippen LogP contribution in [0.5, 0.6) is 0 Å². The topological polar surface area (TPSA) is 68.2 Å². The maximum absolute atomic E-state index is 12.5. The Morgan fingerprint density at radius 1 is 1.18 bits per heavy atom. The second kappa shape index (κ2) is 5.35. The molecule has 0 radical (unpaired) electrons. The van der Waals surface area contributed by atoms with Gasteiger partial charge in [-0.2, -0.15) is 0 Å². The first-order valence-corrected chi connectivity index (χ1v) is 8.20. The van der Waals surface area contributed by atoms with Crippen molar-refractivity contribution in [2.24, 2.45) is 0 Å². The van der Waals surface area contributed by atoms with Crippen LogP contribution in [-0.4, -0.2) is 58.9 Å². The maximum atomic E-state index is 12.5. The van der Waals surface area contributed by atoms with Gasteiger partial charge in [-0.15, -0.1) is 0 Å². The number of hydrogen-bond acceptors (Lipinski definition) is 5. The van der Waals surface area contributed by atoms with Crippen LogP contribution in [0.2, 0.25) is 0 Å². The minimum absolute atomic E-state index is 0.317. The Bertz CT molecular complexity index is 428. The van der Waals surface area contributed by atoms with Crippen molar-refractivity contribution in [3.8, 4) is 0 Å². The van der Waals surface area contributed by atoms with E-state index in [9.17, 15) is 9.90 Å². The molecule has 1 saturated carbocycles. The molecule has 0 aromatic rings. The fraction of sp³-hybridized carbons (Fsp3) is 0.938. The average molecular weight is 313 g/mol. The van der Waals surface area contributed by atoms with E-state index in [1.54, 1.807) is 4.90 Å². The van der Waals surface area contributed by atoms with Crippen molar-refractivity contribution in [2.75, 3.05) is 19.8 Å². The third kappa shape index (κ3) is 2.96. The van der Waals surface area contributed by atoms with Crippen LogP contribution in [0.15, 0.2) is 0 Å². The number of rotatable bonds is 0. The highest BCUT2D eigenvalue weighted by atomic mass is 16.7. The molecule has 2 spiro atoms. The van der Waals surface area contributed by atoms with Crippen LogP contribution in [0, 0.1) is 0 Å². The van der Waals surface area contributed by atoms with E-state index in [0.29, 0.717) is 26.2 Å². The van der Waals surface area contributed by atoms with Gasteiger partial charge >= 0.3 is 6.09 Å². The van der Waals surface area contributed by atoms with Gasteiger partial charge in [0, 0.05) is 18.4 Å². The number of β-amino-alcohol motifs (C(OH)–C–C–N with tert-alkyl or cyclic N) is 1. The van der Waals surface area contributed by atoms with E-state index >= 15 is 0 Å². The first kappa shape index (κ1) is 16.0. The largest absolute Gasteiger partial charge is 0.444 e. The van der Waals surface area contributed by atoms with E-state index in [4.69, 9.17) is 14.2 Å². The summed E-state index contributed by atoms with van der Waals surface area (Å²) >= 11 is 0. The Kier molecular flexibility index (Phi) is 3.90. The Labute approximate surface area is 131 Å². The molecule has 2 heterocycles. The second-order valence-electron chi connectivity index (χ2n) is 7.78. The number of aliphatic hydroxyl groups excluding tert-OH is 1. The molecule has 126 valence electrons. The van der Waals surface area contributed by atoms with Crippen LogP contribution >= 0.6 is 0 Å². The number of aliphatic hydroxyl groups is 1. The summed E-state index contributed by atoms with van der Waals surface area (Å²) in [5, 5.41) is 10.1. The molecule has 3 aliphatic rings. The first-order valence-electron chi connectivity index (χ1n) is 8.20. The molecule has 0 unspecified atom stereocenters. The van der Waals surface area contributed by atoms with Gasteiger partial charge in [-0.05, 0) is 40.0 Å². The van der Waals surface area contributed by atoms with E-state index in [1.807, 2.05) is 20.8 Å². The summed E-state index contributed by atoms with van der Waals surface area (Å²) in [6.45, 7) is 7.22. The van der Waals surface area contributed by atoms with E-state index in [2.05, 4.69) is 0 Å². The van der Waals surface area contributed by atoms with Gasteiger partial charge in [0.05, 0.1) is 25.9 Å². The minimum Gasteiger partial charge on any atom is -0.444 e. The molecule has 0 aromatic heterocycles. The van der Waals surface area contributed by atoms with Gasteiger partial charge in [-0.1, -0.05) is 0 Å². The SMILES string of the molecule is CC(C)(C)OC(=O)N1C[C@H](O)CC12CCC1(CC2)OCCO1. The van der Waals surface area contributed by atoms with E-state index in [1.165, 1.54) is 0 Å². The smallest absolute Gasteiger partial charge is 0.410 e. The van der Waals surface area contributed by atoms with Gasteiger partial charge in [0.1, 0.15) is 5.60 Å². The number of carbonyl (C=O) groups excluding carboxylic acids is 1. The lowest BCUT2D eigenvalue weighted by molar-refractivity contribution is -0.191. The Morgan fingerprint density at radius 3 is 2.32 bits per heavy atom. The predicted molar refractivity (Wildman–Crippen MR) is 79.4 cm³/mol. The van der Waals surface area contributed by atoms with Crippen molar-refractivity contribution < 1.29 is 24.1 Å². The van der Waals surface area contributed by atoms with Crippen molar-refractivity contribution >= 4 is 6.09 Å². The highest BCUT2D eigenvalue weighted by molar-refractivity contribution is 5.70. The van der Waals surface area contributed by atoms with Gasteiger partial charge in [0.2, 0.25) is 0 Å². The molecule has 1 atom stereocenters. The number of amides is 1. The summed E-state index contributed by atoms with van der Waals surface area (Å²) in [5.41, 5.74) is -0.846. The molecule has 0 aromatic carbocycles. The van der Waals surface area contributed by atoms with Crippen LogP contribution < -0.4 is 0 Å². The second-order valence-corrected chi connectivity index (χ2v) is 7.78. The zero-order chi connectivity index (χ0) is 16.0. The van der Waals surface area contributed by atoms with Crippen molar-refractivity contribution in [2.45, 2.75) is 75.9 Å². The van der Waals surface area contributed by atoms with E-state index in [0.717, 1.165) is 25.7 Å². The fourth-order valence-corrected chi connectivity index (χ4v) is 3.96. The zero-order valence-electron chi connectivity index (χ0n) is 13.8. The fourth-order valence-electron chi connectivity index (χ4n) is 3.96. The molecule has 1 aliphatic carbocycles. The maximum Gasteiger partial charge on any atom is 0.410 e. The summed E-state index contributed by atoms with van der Waals surface area (Å²) in [7, 11) is 0. The lowest BCUT2D eigenvalue weighted by Crippen LogP contribution is -2.53. The summed E-state index contributed by atoms with van der Waals surface area (Å²) in [5.74, 6) is -0.460. The predicted octanol–water partition coefficient (Wildman–Crippen LogP) is 2.04. The van der Waals surface area contributed by atoms with Crippen molar-refractivity contribution in [1.29, 1.82) is 0 Å². The molecular formula is C16H27NO5. The van der Waals surface area contributed by atoms with Crippen LogP contribution in [0.3, 0.4) is 0 Å². The first-order chi connectivity index (χ1) is 10.2. The van der Waals surface area contributed by atoms with Crippen LogP contribution in [-0.2, 0) is 14.2 Å². The third-order valence-electron chi connectivity index (χ3n) is 4.95. The molecule has 2 aliphatic heterocycles. The summed E-state index contributed by atoms with van der Waals surface area (Å²) in [6.07, 6.45) is 2.90. The van der Waals surface area contributed by atoms with E-state index < -0.39 is 17.5 Å². The number of carbonyl (C=O) groups is 1. The number of nitrogens with zero attached hydrogens (tertiary/aromatic N) is 1. The van der Waals surface area contributed by atoms with Gasteiger partial charge in [-0.25, -0.2) is 4.79 Å². The number of likely N-dealkylation sites (tertiary alicyclic amines) is 1. The van der Waals surface area contributed by atoms with Gasteiger partial charge in [0.25, 0.3) is 0 Å². The number of hydrogen-bond donors (Lipinski definition) is 1. The molecule has 0 bridgehead atoms. The molecular weight excluding hydrogens is 286 g/mol. The molecule has 3 fully saturated rings. The monoisotopic (exact) mass is 313 g/mol. The van der Waals surface area contributed by atoms with Crippen molar-refractivity contribution in [1.82, 2.24) is 4.90 Å². The molecule has 1 N–H and O–H groups in total. The highest BCUT2D eigenvalue weighted by Crippen LogP contribution is 2.47. The Balaban J connectivity index is 1.72. The van der Waals surface area contributed by atoms with Gasteiger partial charge in [-0.3, -0.25) is 4.90 Å². The van der Waals surface area contributed by atoms with Crippen molar-refractivity contribution in [3.63, 3.8) is 0 Å². The summed E-state index contributed by atoms with van der Waals surface area (Å²) in [6, 6.07) is 0. The Morgan fingerprint density at radius 2 is 1.77 bits per heavy atom. The average Bonchev–Trinajstić information content (AvgIpc) is 2.97. The highest BCUT2D eigenvalue weighted by Gasteiger charge is 2.54. The minimum atomic E-state index is -0.528. The molecule has 2 saturated heterocycles. The normalized spacial score (nSPS) is 30.2. The van der Waals surface area contributed by atoms with Gasteiger partial charge < -0.3 is 19.3 Å². The molecule has 3 rings (SSSR count). The molecule has 6 heteroatoms. The van der Waals surface area contributed by atoms with Crippen LogP contribution in [0.1, 0.15) is 52.9 Å². The number of ether oxygens (including phenoxy) is 3. The van der Waals surface area contributed by atoms with Crippen molar-refractivity contribution in [3.05, 3.63) is 0 Å². The van der Waals surface area contributed by atoms with Gasteiger partial charge in [0.15, 0.2) is 5.79 Å². The lowest BCUT2D eigenvalue weighted by Gasteiger charge is -2.46. The molecule has 6 nitrogen and oxygen atoms in total. The van der Waals surface area contributed by atoms with E-state index in [-0.39, 0.29) is 11.6 Å². The third-order valence-corrected chi connectivity index (χ3v) is 4.95. The Hall–Kier alpha value is -0.850. The van der Waals surface area contributed by atoms with Crippen LogP contribution in [0.25, 0.3) is 0 Å². The summed E-state index contributed by atoms with van der Waals surface area (Å²) in [4.78, 5) is 14.3. The summed E-state index contributed by atoms with van der Waals surface area (Å²) < 4.78 is 17.1. The lowest BCUT2D eigenvalue weighted by atomic mass is 9.76. The quantitative estimate of drug-likeness (QED) is 0.741. The molecule has 1 amide bonds. The van der Waals surface area contributed by atoms with Crippen LogP contribution in [0.4, 0.5) is 4.79 Å². The zero-order valence-corrected chi connectivity index (χ0v) is 13.8. The standard InChI is InChI=1S/C16H27NO5/c1-14(2,3)22-13(19)17-11-12(18)10-15(17)4-6-16(7-5-15)20-8-9-21-16/h12,18H,4-11H2,1-3H3/t12-/m1/s1.